The number of urea groups is 1. The van der Waals surface area contributed by atoms with E-state index < -0.39 is 5.97 Å². The van der Waals surface area contributed by atoms with E-state index in [1.165, 1.54) is 31.2 Å². The van der Waals surface area contributed by atoms with Crippen molar-refractivity contribution in [2.45, 2.75) is 107 Å². The molecule has 8 heteroatoms. The fourth-order valence-electron chi connectivity index (χ4n) is 6.76. The first-order valence-electron chi connectivity index (χ1n) is 15.0. The molecule has 0 unspecified atom stereocenters. The number of benzene rings is 1. The third-order valence-electron chi connectivity index (χ3n) is 8.79. The number of rotatable bonds is 10. The molecule has 0 radical (unpaired) electrons. The molecule has 7 nitrogen and oxygen atoms in total. The Hall–Kier alpha value is -2.58. The molecule has 1 atom stereocenters. The number of carboxylic acid groups (broad SMARTS) is 1. The van der Waals surface area contributed by atoms with E-state index in [4.69, 9.17) is 10.1 Å². The molecule has 216 valence electrons. The van der Waals surface area contributed by atoms with Crippen molar-refractivity contribution in [3.05, 3.63) is 53.2 Å². The molecule has 1 aliphatic carbocycles. The van der Waals surface area contributed by atoms with Crippen molar-refractivity contribution in [1.82, 2.24) is 19.7 Å². The van der Waals surface area contributed by atoms with Gasteiger partial charge in [-0.15, -0.1) is 0 Å². The number of aryl methyl sites for hydroxylation is 1. The molecule has 2 amide bonds. The maximum absolute atomic E-state index is 13.6. The molecular weight excluding hydrogens is 520 g/mol. The Morgan fingerprint density at radius 1 is 1.02 bits per heavy atom. The van der Waals surface area contributed by atoms with Gasteiger partial charge in [0, 0.05) is 48.9 Å². The third kappa shape index (κ3) is 7.00. The number of carbonyl (C=O) groups excluding carboxylic acids is 1. The zero-order chi connectivity index (χ0) is 28.2. The normalized spacial score (nSPS) is 21.2. The Bertz CT molecular complexity index is 1170. The van der Waals surface area contributed by atoms with Crippen LogP contribution in [0.3, 0.4) is 0 Å². The summed E-state index contributed by atoms with van der Waals surface area (Å²) < 4.78 is 0. The molecule has 40 heavy (non-hydrogen) atoms. The Labute approximate surface area is 243 Å². The van der Waals surface area contributed by atoms with Gasteiger partial charge in [0.15, 0.2) is 0 Å². The average molecular weight is 565 g/mol. The number of amides is 2. The fraction of sp³-hybridized carbons (Fsp3) is 0.594. The van der Waals surface area contributed by atoms with Crippen LogP contribution in [0.1, 0.15) is 75.6 Å². The van der Waals surface area contributed by atoms with E-state index >= 15 is 0 Å². The monoisotopic (exact) mass is 564 g/mol. The lowest BCUT2D eigenvalue weighted by molar-refractivity contribution is -0.136. The van der Waals surface area contributed by atoms with Gasteiger partial charge in [-0.1, -0.05) is 56.7 Å². The third-order valence-corrected chi connectivity index (χ3v) is 9.74. The van der Waals surface area contributed by atoms with E-state index in [1.54, 1.807) is 11.8 Å². The standard InChI is InChI=1S/C32H44N4O3S/c1-22(2)18-28-21-35(26-6-4-5-7-26)32(39)36(28)27-14-16-34(17-15-27)20-25-10-13-30(33-23(25)3)40-29-11-8-24(9-12-29)19-31(37)38/h8-13,22,26-28H,4-7,14-21H2,1-3H3,(H,37,38)/t28-/m1/s1. The molecule has 1 aromatic heterocycles. The summed E-state index contributed by atoms with van der Waals surface area (Å²) in [5, 5.41) is 9.91. The van der Waals surface area contributed by atoms with Crippen LogP contribution in [0, 0.1) is 12.8 Å². The lowest BCUT2D eigenvalue weighted by Crippen LogP contribution is -2.49. The van der Waals surface area contributed by atoms with Crippen molar-refractivity contribution in [2.24, 2.45) is 5.92 Å². The summed E-state index contributed by atoms with van der Waals surface area (Å²) in [4.78, 5) is 37.5. The van der Waals surface area contributed by atoms with E-state index in [-0.39, 0.29) is 6.42 Å². The Morgan fingerprint density at radius 3 is 2.35 bits per heavy atom. The zero-order valence-electron chi connectivity index (χ0n) is 24.2. The lowest BCUT2D eigenvalue weighted by atomic mass is 9.97. The summed E-state index contributed by atoms with van der Waals surface area (Å²) in [5.41, 5.74) is 3.10. The second kappa shape index (κ2) is 12.9. The van der Waals surface area contributed by atoms with E-state index in [0.29, 0.717) is 30.1 Å². The molecule has 2 saturated heterocycles. The largest absolute Gasteiger partial charge is 0.481 e. The van der Waals surface area contributed by atoms with Gasteiger partial charge in [0.05, 0.1) is 12.5 Å². The van der Waals surface area contributed by atoms with Crippen LogP contribution >= 0.6 is 11.8 Å². The first kappa shape index (κ1) is 28.9. The summed E-state index contributed by atoms with van der Waals surface area (Å²) in [6, 6.07) is 13.4. The predicted molar refractivity (Wildman–Crippen MR) is 159 cm³/mol. The van der Waals surface area contributed by atoms with Gasteiger partial charge in [0.25, 0.3) is 0 Å². The van der Waals surface area contributed by atoms with Crippen LogP contribution < -0.4 is 0 Å². The van der Waals surface area contributed by atoms with Crippen molar-refractivity contribution in [3.8, 4) is 0 Å². The summed E-state index contributed by atoms with van der Waals surface area (Å²) in [7, 11) is 0. The molecule has 1 N–H and O–H groups in total. The Balaban J connectivity index is 1.16. The quantitative estimate of drug-likeness (QED) is 0.369. The van der Waals surface area contributed by atoms with E-state index in [1.807, 2.05) is 24.3 Å². The number of nitrogens with zero attached hydrogens (tertiary/aromatic N) is 4. The molecule has 0 bridgehead atoms. The van der Waals surface area contributed by atoms with Crippen molar-refractivity contribution in [1.29, 1.82) is 0 Å². The highest BCUT2D eigenvalue weighted by molar-refractivity contribution is 7.99. The first-order chi connectivity index (χ1) is 19.3. The summed E-state index contributed by atoms with van der Waals surface area (Å²) in [6.45, 7) is 10.5. The fourth-order valence-corrected chi connectivity index (χ4v) is 7.60. The SMILES string of the molecule is Cc1nc(Sc2ccc(CC(=O)O)cc2)ccc1CN1CCC(N2C(=O)N(C3CCCC3)C[C@H]2CC(C)C)CC1. The smallest absolute Gasteiger partial charge is 0.320 e. The van der Waals surface area contributed by atoms with Gasteiger partial charge in [-0.2, -0.15) is 0 Å². The minimum atomic E-state index is -0.816. The van der Waals surface area contributed by atoms with Gasteiger partial charge in [-0.05, 0) is 74.3 Å². The Morgan fingerprint density at radius 2 is 1.73 bits per heavy atom. The zero-order valence-corrected chi connectivity index (χ0v) is 25.0. The maximum Gasteiger partial charge on any atom is 0.320 e. The van der Waals surface area contributed by atoms with E-state index in [0.717, 1.165) is 66.6 Å². The van der Waals surface area contributed by atoms with Gasteiger partial charge in [-0.25, -0.2) is 9.78 Å². The van der Waals surface area contributed by atoms with Crippen LogP contribution in [0.25, 0.3) is 0 Å². The minimum absolute atomic E-state index is 0.0417. The van der Waals surface area contributed by atoms with Gasteiger partial charge >= 0.3 is 12.0 Å². The lowest BCUT2D eigenvalue weighted by Gasteiger charge is -2.39. The number of likely N-dealkylation sites (tertiary alicyclic amines) is 1. The Kier molecular flexibility index (Phi) is 9.36. The highest BCUT2D eigenvalue weighted by Gasteiger charge is 2.44. The molecule has 1 aromatic carbocycles. The second-order valence-corrected chi connectivity index (χ2v) is 13.4. The van der Waals surface area contributed by atoms with Crippen molar-refractivity contribution >= 4 is 23.8 Å². The molecule has 3 fully saturated rings. The first-order valence-corrected chi connectivity index (χ1v) is 15.8. The summed E-state index contributed by atoms with van der Waals surface area (Å²) in [6.07, 6.45) is 8.09. The van der Waals surface area contributed by atoms with E-state index in [2.05, 4.69) is 47.6 Å². The molecular formula is C32H44N4O3S. The van der Waals surface area contributed by atoms with Crippen LogP contribution in [-0.4, -0.2) is 74.6 Å². The van der Waals surface area contributed by atoms with Crippen LogP contribution in [-0.2, 0) is 17.8 Å². The number of piperidine rings is 1. The van der Waals surface area contributed by atoms with Crippen LogP contribution in [0.2, 0.25) is 0 Å². The second-order valence-electron chi connectivity index (χ2n) is 12.3. The van der Waals surface area contributed by atoms with Crippen LogP contribution in [0.5, 0.6) is 0 Å². The molecule has 2 aromatic rings. The topological polar surface area (TPSA) is 77.0 Å². The van der Waals surface area contributed by atoms with Gasteiger partial charge < -0.3 is 14.9 Å². The highest BCUT2D eigenvalue weighted by Crippen LogP contribution is 2.34. The molecule has 1 saturated carbocycles. The number of aromatic nitrogens is 1. The molecule has 5 rings (SSSR count). The molecule has 2 aliphatic heterocycles. The predicted octanol–water partition coefficient (Wildman–Crippen LogP) is 6.23. The average Bonchev–Trinajstić information content (AvgIpc) is 3.55. The number of carboxylic acids is 1. The summed E-state index contributed by atoms with van der Waals surface area (Å²) in [5.74, 6) is -0.222. The van der Waals surface area contributed by atoms with Crippen LogP contribution in [0.15, 0.2) is 46.3 Å². The number of hydrogen-bond acceptors (Lipinski definition) is 5. The van der Waals surface area contributed by atoms with Crippen molar-refractivity contribution in [2.75, 3.05) is 19.6 Å². The van der Waals surface area contributed by atoms with Gasteiger partial charge in [-0.3, -0.25) is 9.69 Å². The van der Waals surface area contributed by atoms with Gasteiger partial charge in [0.2, 0.25) is 0 Å². The molecule has 0 spiro atoms. The molecule has 3 aliphatic rings. The van der Waals surface area contributed by atoms with Crippen molar-refractivity contribution < 1.29 is 14.7 Å². The number of hydrogen-bond donors (Lipinski definition) is 1. The van der Waals surface area contributed by atoms with Crippen molar-refractivity contribution in [3.63, 3.8) is 0 Å². The highest BCUT2D eigenvalue weighted by atomic mass is 32.2. The van der Waals surface area contributed by atoms with Gasteiger partial charge in [0.1, 0.15) is 5.03 Å². The summed E-state index contributed by atoms with van der Waals surface area (Å²) >= 11 is 1.60. The number of carbonyl (C=O) groups is 2. The maximum atomic E-state index is 13.6. The number of pyridine rings is 1. The van der Waals surface area contributed by atoms with E-state index in [9.17, 15) is 9.59 Å². The number of aliphatic carboxylic acids is 1. The van der Waals surface area contributed by atoms with Crippen LogP contribution in [0.4, 0.5) is 4.79 Å². The minimum Gasteiger partial charge on any atom is -0.481 e. The molecule has 3 heterocycles.